The smallest absolute Gasteiger partial charge is 0.261 e. The van der Waals surface area contributed by atoms with Crippen molar-refractivity contribution in [1.82, 2.24) is 15.0 Å². The molecule has 2 N–H and O–H groups in total. The van der Waals surface area contributed by atoms with Crippen molar-refractivity contribution in [3.05, 3.63) is 24.1 Å². The molecule has 1 aliphatic rings. The highest BCUT2D eigenvalue weighted by Gasteiger charge is 2.39. The van der Waals surface area contributed by atoms with E-state index in [2.05, 4.69) is 15.0 Å². The van der Waals surface area contributed by atoms with Crippen LogP contribution in [-0.2, 0) is 10.0 Å². The maximum Gasteiger partial charge on any atom is 0.261 e. The van der Waals surface area contributed by atoms with Gasteiger partial charge in [-0.1, -0.05) is 0 Å². The third-order valence-corrected chi connectivity index (χ3v) is 4.94. The summed E-state index contributed by atoms with van der Waals surface area (Å²) in [6, 6.07) is 2.20. The molecule has 0 radical (unpaired) electrons. The summed E-state index contributed by atoms with van der Waals surface area (Å²) in [6.07, 6.45) is 2.53. The molecule has 0 spiro atoms. The molecule has 0 bridgehead atoms. The van der Waals surface area contributed by atoms with Crippen LogP contribution in [0.1, 0.15) is 40.5 Å². The maximum atomic E-state index is 13.6. The van der Waals surface area contributed by atoms with Crippen molar-refractivity contribution in [1.29, 1.82) is 0 Å². The van der Waals surface area contributed by atoms with Gasteiger partial charge in [-0.25, -0.2) is 22.5 Å². The van der Waals surface area contributed by atoms with Crippen molar-refractivity contribution < 1.29 is 12.8 Å². The Balaban J connectivity index is 2.23. The monoisotopic (exact) mass is 315 g/mol. The van der Waals surface area contributed by atoms with Crippen LogP contribution in [0, 0.1) is 5.82 Å². The van der Waals surface area contributed by atoms with E-state index in [0.29, 0.717) is 12.8 Å². The normalized spacial score (nSPS) is 22.1. The van der Waals surface area contributed by atoms with E-state index in [1.165, 1.54) is 12.3 Å². The number of aromatic nitrogens is 1. The molecule has 118 valence electrons. The standard InChI is InChI=1S/C14H22FN3O2S/c1-13(2)8-10(9-14(3,4)18-13)17-21(19,20)12-11(15)6-5-7-16-12/h5-7,10,17-18H,8-9H2,1-4H3. The number of nitrogens with zero attached hydrogens (tertiary/aromatic N) is 1. The van der Waals surface area contributed by atoms with Gasteiger partial charge in [-0.05, 0) is 52.7 Å². The molecule has 1 aromatic heterocycles. The lowest BCUT2D eigenvalue weighted by atomic mass is 9.80. The zero-order valence-electron chi connectivity index (χ0n) is 12.8. The van der Waals surface area contributed by atoms with E-state index in [1.807, 2.05) is 27.7 Å². The second kappa shape index (κ2) is 5.30. The summed E-state index contributed by atoms with van der Waals surface area (Å²) >= 11 is 0. The number of halogens is 1. The van der Waals surface area contributed by atoms with Crippen LogP contribution in [0.15, 0.2) is 23.4 Å². The Labute approximate surface area is 125 Å². The molecule has 2 heterocycles. The van der Waals surface area contributed by atoms with Gasteiger partial charge in [0.1, 0.15) is 0 Å². The van der Waals surface area contributed by atoms with E-state index in [4.69, 9.17) is 0 Å². The maximum absolute atomic E-state index is 13.6. The van der Waals surface area contributed by atoms with Gasteiger partial charge in [-0.3, -0.25) is 0 Å². The fraction of sp³-hybridized carbons (Fsp3) is 0.643. The highest BCUT2D eigenvalue weighted by molar-refractivity contribution is 7.89. The molecule has 1 aliphatic heterocycles. The number of rotatable bonds is 3. The summed E-state index contributed by atoms with van der Waals surface area (Å²) in [7, 11) is -3.95. The lowest BCUT2D eigenvalue weighted by Crippen LogP contribution is -2.62. The quantitative estimate of drug-likeness (QED) is 0.892. The van der Waals surface area contributed by atoms with Crippen molar-refractivity contribution in [3.63, 3.8) is 0 Å². The lowest BCUT2D eigenvalue weighted by Gasteiger charge is -2.46. The van der Waals surface area contributed by atoms with Crippen LogP contribution < -0.4 is 10.0 Å². The third kappa shape index (κ3) is 3.99. The second-order valence-electron chi connectivity index (χ2n) is 6.91. The summed E-state index contributed by atoms with van der Waals surface area (Å²) in [6.45, 7) is 8.10. The Morgan fingerprint density at radius 3 is 2.38 bits per heavy atom. The summed E-state index contributed by atoms with van der Waals surface area (Å²) in [5.74, 6) is -0.836. The summed E-state index contributed by atoms with van der Waals surface area (Å²) in [4.78, 5) is 3.65. The van der Waals surface area contributed by atoms with Crippen molar-refractivity contribution in [2.75, 3.05) is 0 Å². The van der Waals surface area contributed by atoms with Gasteiger partial charge in [0.15, 0.2) is 5.82 Å². The van der Waals surface area contributed by atoms with E-state index in [0.717, 1.165) is 6.07 Å². The zero-order valence-corrected chi connectivity index (χ0v) is 13.6. The summed E-state index contributed by atoms with van der Waals surface area (Å²) in [5, 5.41) is 2.93. The molecule has 2 rings (SSSR count). The molecule has 0 unspecified atom stereocenters. The first-order chi connectivity index (χ1) is 9.51. The third-order valence-electron chi connectivity index (χ3n) is 3.49. The molecule has 0 amide bonds. The summed E-state index contributed by atoms with van der Waals surface area (Å²) < 4.78 is 40.9. The van der Waals surface area contributed by atoms with E-state index in [-0.39, 0.29) is 17.1 Å². The lowest BCUT2D eigenvalue weighted by molar-refractivity contribution is 0.157. The molecule has 0 aliphatic carbocycles. The van der Waals surface area contributed by atoms with Gasteiger partial charge in [-0.15, -0.1) is 0 Å². The van der Waals surface area contributed by atoms with Crippen LogP contribution in [0.3, 0.4) is 0 Å². The first-order valence-corrected chi connectivity index (χ1v) is 8.41. The number of pyridine rings is 1. The molecule has 21 heavy (non-hydrogen) atoms. The predicted molar refractivity (Wildman–Crippen MR) is 78.8 cm³/mol. The van der Waals surface area contributed by atoms with Gasteiger partial charge >= 0.3 is 0 Å². The van der Waals surface area contributed by atoms with E-state index >= 15 is 0 Å². The van der Waals surface area contributed by atoms with Gasteiger partial charge in [0.05, 0.1) is 0 Å². The minimum Gasteiger partial charge on any atom is -0.307 e. The zero-order chi connectivity index (χ0) is 15.9. The number of hydrogen-bond donors (Lipinski definition) is 2. The van der Waals surface area contributed by atoms with Crippen molar-refractivity contribution in [2.24, 2.45) is 0 Å². The first kappa shape index (κ1) is 16.3. The van der Waals surface area contributed by atoms with Crippen molar-refractivity contribution >= 4 is 10.0 Å². The van der Waals surface area contributed by atoms with Gasteiger partial charge in [0.2, 0.25) is 5.03 Å². The van der Waals surface area contributed by atoms with Crippen LogP contribution in [0.2, 0.25) is 0 Å². The van der Waals surface area contributed by atoms with Crippen LogP contribution in [0.25, 0.3) is 0 Å². The van der Waals surface area contributed by atoms with Gasteiger partial charge < -0.3 is 5.32 Å². The SMILES string of the molecule is CC1(C)CC(NS(=O)(=O)c2ncccc2F)CC(C)(C)N1. The van der Waals surface area contributed by atoms with Gasteiger partial charge in [0.25, 0.3) is 10.0 Å². The molecule has 0 aromatic carbocycles. The number of piperidine rings is 1. The Morgan fingerprint density at radius 1 is 1.29 bits per heavy atom. The molecule has 0 saturated carbocycles. The molecular formula is C14H22FN3O2S. The highest BCUT2D eigenvalue weighted by Crippen LogP contribution is 2.29. The van der Waals surface area contributed by atoms with E-state index in [1.54, 1.807) is 0 Å². The number of hydrogen-bond acceptors (Lipinski definition) is 4. The van der Waals surface area contributed by atoms with Crippen LogP contribution in [-0.4, -0.2) is 30.5 Å². The Bertz CT molecular complexity index is 613. The molecule has 1 saturated heterocycles. The van der Waals surface area contributed by atoms with Gasteiger partial charge in [-0.2, -0.15) is 0 Å². The Hall–Kier alpha value is -1.05. The van der Waals surface area contributed by atoms with Gasteiger partial charge in [0, 0.05) is 23.3 Å². The van der Waals surface area contributed by atoms with Crippen molar-refractivity contribution in [2.45, 2.75) is 62.7 Å². The minimum absolute atomic E-state index is 0.197. The van der Waals surface area contributed by atoms with Crippen LogP contribution in [0.4, 0.5) is 4.39 Å². The number of nitrogens with one attached hydrogen (secondary N) is 2. The molecule has 7 heteroatoms. The average molecular weight is 315 g/mol. The van der Waals surface area contributed by atoms with Crippen LogP contribution in [0.5, 0.6) is 0 Å². The van der Waals surface area contributed by atoms with E-state index < -0.39 is 20.9 Å². The predicted octanol–water partition coefficient (Wildman–Crippen LogP) is 1.81. The molecular weight excluding hydrogens is 293 g/mol. The topological polar surface area (TPSA) is 71.1 Å². The Kier molecular flexibility index (Phi) is 4.12. The number of sulfonamides is 1. The Morgan fingerprint density at radius 2 is 1.86 bits per heavy atom. The molecule has 1 fully saturated rings. The van der Waals surface area contributed by atoms with Crippen molar-refractivity contribution in [3.8, 4) is 0 Å². The molecule has 0 atom stereocenters. The summed E-state index contributed by atoms with van der Waals surface area (Å²) in [5.41, 5.74) is -0.394. The largest absolute Gasteiger partial charge is 0.307 e. The first-order valence-electron chi connectivity index (χ1n) is 6.93. The average Bonchev–Trinajstić information content (AvgIpc) is 2.23. The second-order valence-corrected chi connectivity index (χ2v) is 8.54. The minimum atomic E-state index is -3.95. The highest BCUT2D eigenvalue weighted by atomic mass is 32.2. The fourth-order valence-corrected chi connectivity index (χ4v) is 4.49. The molecule has 5 nitrogen and oxygen atoms in total. The molecule has 1 aromatic rings. The van der Waals surface area contributed by atoms with Crippen LogP contribution >= 0.6 is 0 Å². The fourth-order valence-electron chi connectivity index (χ4n) is 3.25. The van der Waals surface area contributed by atoms with E-state index in [9.17, 15) is 12.8 Å².